The monoisotopic (exact) mass is 270 g/mol. The summed E-state index contributed by atoms with van der Waals surface area (Å²) in [6, 6.07) is 5.63. The Bertz CT molecular complexity index is 394. The highest BCUT2D eigenvalue weighted by atomic mass is 16.5. The molecule has 0 aromatic heterocycles. The summed E-state index contributed by atoms with van der Waals surface area (Å²) >= 11 is 0. The molecule has 6 nitrogen and oxygen atoms in total. The van der Waals surface area contributed by atoms with Crippen LogP contribution in [0.5, 0.6) is 0 Å². The molecule has 6 heteroatoms. The molecule has 106 valence electrons. The number of esters is 1. The summed E-state index contributed by atoms with van der Waals surface area (Å²) in [6.45, 7) is 3.26. The number of hydrogen-bond acceptors (Lipinski definition) is 5. The molecule has 0 saturated heterocycles. The maximum Gasteiger partial charge on any atom is 0.338 e. The molecule has 1 rings (SSSR count). The van der Waals surface area contributed by atoms with Gasteiger partial charge in [0.2, 0.25) is 0 Å². The van der Waals surface area contributed by atoms with Crippen LogP contribution in [0.1, 0.15) is 34.6 Å². The van der Waals surface area contributed by atoms with Crippen molar-refractivity contribution >= 4 is 11.9 Å². The molecule has 0 aliphatic heterocycles. The van der Waals surface area contributed by atoms with E-state index >= 15 is 0 Å². The van der Waals surface area contributed by atoms with Gasteiger partial charge in [0.1, 0.15) is 0 Å². The van der Waals surface area contributed by atoms with Gasteiger partial charge in [0.15, 0.2) is 0 Å². The first-order chi connectivity index (χ1) is 8.92. The van der Waals surface area contributed by atoms with Gasteiger partial charge in [-0.15, -0.1) is 0 Å². The van der Waals surface area contributed by atoms with Crippen molar-refractivity contribution in [2.24, 2.45) is 0 Å². The average molecular weight is 270 g/mol. The number of ether oxygens (including phenoxy) is 1. The van der Waals surface area contributed by atoms with Crippen molar-refractivity contribution in [3.8, 4) is 0 Å². The lowest BCUT2D eigenvalue weighted by molar-refractivity contribution is 0.0377. The van der Waals surface area contributed by atoms with Crippen LogP contribution in [0.15, 0.2) is 24.3 Å². The van der Waals surface area contributed by atoms with E-state index in [4.69, 9.17) is 20.1 Å². The largest absolute Gasteiger partial charge is 0.478 e. The second-order valence-corrected chi connectivity index (χ2v) is 3.78. The highest BCUT2D eigenvalue weighted by Crippen LogP contribution is 2.07. The molecular formula is C13H18O6. The van der Waals surface area contributed by atoms with Crippen LogP contribution in [0, 0.1) is 0 Å². The van der Waals surface area contributed by atoms with E-state index in [0.717, 1.165) is 0 Å². The molecule has 0 amide bonds. The van der Waals surface area contributed by atoms with Gasteiger partial charge in [0, 0.05) is 0 Å². The number of carbonyl (C=O) groups excluding carboxylic acids is 1. The Balaban J connectivity index is 0.000000711. The Morgan fingerprint density at radius 2 is 1.47 bits per heavy atom. The lowest BCUT2D eigenvalue weighted by atomic mass is 10.1. The van der Waals surface area contributed by atoms with Gasteiger partial charge in [-0.1, -0.05) is 0 Å². The predicted octanol–water partition coefficient (Wildman–Crippen LogP) is 0.921. The second kappa shape index (κ2) is 9.07. The third-order valence-corrected chi connectivity index (χ3v) is 1.81. The van der Waals surface area contributed by atoms with Crippen molar-refractivity contribution in [2.75, 3.05) is 13.2 Å². The maximum absolute atomic E-state index is 11.4. The van der Waals surface area contributed by atoms with Gasteiger partial charge < -0.3 is 20.1 Å². The SMILES string of the molecule is CC(C)OC(=O)c1ccc(C(=O)O)cc1.OCCO. The molecule has 0 fully saturated rings. The van der Waals surface area contributed by atoms with Crippen molar-refractivity contribution in [1.29, 1.82) is 0 Å². The number of rotatable bonds is 4. The minimum atomic E-state index is -1.02. The number of aliphatic hydroxyl groups is 2. The van der Waals surface area contributed by atoms with Gasteiger partial charge in [-0.3, -0.25) is 0 Å². The minimum Gasteiger partial charge on any atom is -0.478 e. The number of carboxylic acid groups (broad SMARTS) is 1. The molecule has 1 aromatic carbocycles. The van der Waals surface area contributed by atoms with Crippen molar-refractivity contribution in [1.82, 2.24) is 0 Å². The lowest BCUT2D eigenvalue weighted by Gasteiger charge is -2.07. The summed E-state index contributed by atoms with van der Waals surface area (Å²) in [5.41, 5.74) is 0.504. The molecule has 0 spiro atoms. The molecule has 0 atom stereocenters. The van der Waals surface area contributed by atoms with Crippen LogP contribution in [0.3, 0.4) is 0 Å². The van der Waals surface area contributed by atoms with Crippen LogP contribution in [0.4, 0.5) is 0 Å². The Labute approximate surface area is 111 Å². The Morgan fingerprint density at radius 3 is 1.79 bits per heavy atom. The number of aliphatic hydroxyl groups excluding tert-OH is 2. The molecule has 0 unspecified atom stereocenters. The molecule has 0 radical (unpaired) electrons. The predicted molar refractivity (Wildman–Crippen MR) is 68.1 cm³/mol. The fraction of sp³-hybridized carbons (Fsp3) is 0.385. The van der Waals surface area contributed by atoms with E-state index in [9.17, 15) is 9.59 Å². The smallest absolute Gasteiger partial charge is 0.338 e. The maximum atomic E-state index is 11.4. The van der Waals surface area contributed by atoms with Crippen LogP contribution in [-0.2, 0) is 4.74 Å². The van der Waals surface area contributed by atoms with E-state index in [1.807, 2.05) is 0 Å². The summed E-state index contributed by atoms with van der Waals surface area (Å²) in [6.07, 6.45) is -0.184. The quantitative estimate of drug-likeness (QED) is 0.703. The fourth-order valence-corrected chi connectivity index (χ4v) is 1.03. The van der Waals surface area contributed by atoms with Gasteiger partial charge in [0.25, 0.3) is 0 Å². The number of aromatic carboxylic acids is 1. The topological polar surface area (TPSA) is 104 Å². The van der Waals surface area contributed by atoms with Gasteiger partial charge in [-0.25, -0.2) is 9.59 Å². The van der Waals surface area contributed by atoms with Crippen LogP contribution in [0.25, 0.3) is 0 Å². The zero-order chi connectivity index (χ0) is 14.8. The Morgan fingerprint density at radius 1 is 1.05 bits per heavy atom. The van der Waals surface area contributed by atoms with E-state index in [2.05, 4.69) is 0 Å². The summed E-state index contributed by atoms with van der Waals surface area (Å²) in [7, 11) is 0. The molecule has 0 aliphatic carbocycles. The summed E-state index contributed by atoms with van der Waals surface area (Å²) in [4.78, 5) is 21.9. The summed E-state index contributed by atoms with van der Waals surface area (Å²) < 4.78 is 4.95. The number of hydrogen-bond donors (Lipinski definition) is 3. The lowest BCUT2D eigenvalue weighted by Crippen LogP contribution is -2.11. The zero-order valence-electron chi connectivity index (χ0n) is 10.9. The van der Waals surface area contributed by atoms with E-state index in [-0.39, 0.29) is 24.9 Å². The third kappa shape index (κ3) is 7.17. The van der Waals surface area contributed by atoms with Crippen LogP contribution in [0.2, 0.25) is 0 Å². The third-order valence-electron chi connectivity index (χ3n) is 1.81. The zero-order valence-corrected chi connectivity index (χ0v) is 10.9. The molecule has 0 heterocycles. The number of carbonyl (C=O) groups is 2. The standard InChI is InChI=1S/C11H12O4.C2H6O2/c1-7(2)15-11(14)9-5-3-8(4-6-9)10(12)13;3-1-2-4/h3-7H,1-2H3,(H,12,13);3-4H,1-2H2. The van der Waals surface area contributed by atoms with Crippen LogP contribution < -0.4 is 0 Å². The van der Waals surface area contributed by atoms with Crippen LogP contribution in [-0.4, -0.2) is 46.6 Å². The number of carboxylic acids is 1. The first kappa shape index (κ1) is 17.1. The van der Waals surface area contributed by atoms with Gasteiger partial charge >= 0.3 is 11.9 Å². The van der Waals surface area contributed by atoms with Crippen molar-refractivity contribution in [3.63, 3.8) is 0 Å². The molecule has 1 aromatic rings. The number of benzene rings is 1. The van der Waals surface area contributed by atoms with E-state index in [0.29, 0.717) is 5.56 Å². The highest BCUT2D eigenvalue weighted by molar-refractivity contribution is 5.92. The Hall–Kier alpha value is -1.92. The first-order valence-electron chi connectivity index (χ1n) is 5.68. The highest BCUT2D eigenvalue weighted by Gasteiger charge is 2.10. The molecule has 19 heavy (non-hydrogen) atoms. The van der Waals surface area contributed by atoms with E-state index in [1.165, 1.54) is 24.3 Å². The van der Waals surface area contributed by atoms with Crippen LogP contribution >= 0.6 is 0 Å². The minimum absolute atomic E-state index is 0.125. The molecular weight excluding hydrogens is 252 g/mol. The molecule has 3 N–H and O–H groups in total. The summed E-state index contributed by atoms with van der Waals surface area (Å²) in [5, 5.41) is 23.9. The van der Waals surface area contributed by atoms with Gasteiger partial charge in [0.05, 0.1) is 30.4 Å². The normalized spacial score (nSPS) is 9.53. The van der Waals surface area contributed by atoms with E-state index < -0.39 is 11.9 Å². The fourth-order valence-electron chi connectivity index (χ4n) is 1.03. The summed E-state index contributed by atoms with van der Waals surface area (Å²) in [5.74, 6) is -1.46. The van der Waals surface area contributed by atoms with Crippen molar-refractivity contribution in [2.45, 2.75) is 20.0 Å². The molecule has 0 aliphatic rings. The molecule has 0 saturated carbocycles. The van der Waals surface area contributed by atoms with Crippen molar-refractivity contribution < 1.29 is 29.6 Å². The average Bonchev–Trinajstić information content (AvgIpc) is 2.38. The molecule has 0 bridgehead atoms. The second-order valence-electron chi connectivity index (χ2n) is 3.78. The first-order valence-corrected chi connectivity index (χ1v) is 5.68. The van der Waals surface area contributed by atoms with Gasteiger partial charge in [-0.2, -0.15) is 0 Å². The van der Waals surface area contributed by atoms with E-state index in [1.54, 1.807) is 13.8 Å². The van der Waals surface area contributed by atoms with Crippen molar-refractivity contribution in [3.05, 3.63) is 35.4 Å². The van der Waals surface area contributed by atoms with Gasteiger partial charge in [-0.05, 0) is 38.1 Å². The Kier molecular flexibility index (Phi) is 8.15.